The van der Waals surface area contributed by atoms with Crippen molar-refractivity contribution in [1.29, 1.82) is 0 Å². The van der Waals surface area contributed by atoms with Crippen LogP contribution in [0.15, 0.2) is 18.2 Å². The van der Waals surface area contributed by atoms with Gasteiger partial charge in [0.05, 0.1) is 6.42 Å². The quantitative estimate of drug-likeness (QED) is 0.892. The molecule has 19 heavy (non-hydrogen) atoms. The second-order valence-corrected chi connectivity index (χ2v) is 4.95. The lowest BCUT2D eigenvalue weighted by Crippen LogP contribution is -2.36. The third-order valence-electron chi connectivity index (χ3n) is 3.52. The predicted molar refractivity (Wildman–Crippen MR) is 66.9 cm³/mol. The average molecular weight is 269 g/mol. The van der Waals surface area contributed by atoms with Crippen LogP contribution < -0.4 is 0 Å². The van der Waals surface area contributed by atoms with Crippen LogP contribution in [0.4, 0.5) is 8.78 Å². The average Bonchev–Trinajstić information content (AvgIpc) is 2.86. The molecule has 0 spiro atoms. The summed E-state index contributed by atoms with van der Waals surface area (Å²) in [5.41, 5.74) is 0.636. The van der Waals surface area contributed by atoms with Crippen molar-refractivity contribution in [2.24, 2.45) is 0 Å². The SMILES string of the molecule is O=C(O)CC(Cc1ccc(F)c(F)c1)N1CCCC1. The van der Waals surface area contributed by atoms with Crippen LogP contribution in [0.1, 0.15) is 24.8 Å². The highest BCUT2D eigenvalue weighted by molar-refractivity contribution is 5.67. The minimum Gasteiger partial charge on any atom is -0.481 e. The summed E-state index contributed by atoms with van der Waals surface area (Å²) in [5, 5.41) is 8.96. The van der Waals surface area contributed by atoms with E-state index in [1.54, 1.807) is 0 Å². The molecule has 1 aromatic carbocycles. The van der Waals surface area contributed by atoms with Gasteiger partial charge in [-0.3, -0.25) is 9.69 Å². The molecule has 1 aliphatic heterocycles. The standard InChI is InChI=1S/C14H17F2NO2/c15-12-4-3-10(8-13(12)16)7-11(9-14(18)19)17-5-1-2-6-17/h3-4,8,11H,1-2,5-7,9H2,(H,18,19). The van der Waals surface area contributed by atoms with Crippen molar-refractivity contribution in [2.75, 3.05) is 13.1 Å². The van der Waals surface area contributed by atoms with Gasteiger partial charge in [0.25, 0.3) is 0 Å². The van der Waals surface area contributed by atoms with Gasteiger partial charge in [-0.25, -0.2) is 8.78 Å². The Morgan fingerprint density at radius 1 is 1.26 bits per heavy atom. The van der Waals surface area contributed by atoms with E-state index in [1.165, 1.54) is 6.07 Å². The molecule has 0 aliphatic carbocycles. The van der Waals surface area contributed by atoms with Crippen LogP contribution in [0.5, 0.6) is 0 Å². The smallest absolute Gasteiger partial charge is 0.304 e. The molecule has 0 amide bonds. The van der Waals surface area contributed by atoms with E-state index >= 15 is 0 Å². The van der Waals surface area contributed by atoms with Crippen LogP contribution in [0, 0.1) is 11.6 Å². The monoisotopic (exact) mass is 269 g/mol. The summed E-state index contributed by atoms with van der Waals surface area (Å²) in [7, 11) is 0. The van der Waals surface area contributed by atoms with Gasteiger partial charge in [0, 0.05) is 6.04 Å². The highest BCUT2D eigenvalue weighted by Gasteiger charge is 2.24. The first kappa shape index (κ1) is 13.9. The molecule has 0 saturated carbocycles. The van der Waals surface area contributed by atoms with Crippen molar-refractivity contribution in [1.82, 2.24) is 4.90 Å². The van der Waals surface area contributed by atoms with Crippen LogP contribution in [-0.2, 0) is 11.2 Å². The first-order valence-corrected chi connectivity index (χ1v) is 6.46. The zero-order valence-corrected chi connectivity index (χ0v) is 10.6. The number of aliphatic carboxylic acids is 1. The molecule has 1 atom stereocenters. The van der Waals surface area contributed by atoms with Gasteiger partial charge in [-0.1, -0.05) is 6.07 Å². The molecule has 0 radical (unpaired) electrons. The molecule has 1 aromatic rings. The van der Waals surface area contributed by atoms with Crippen molar-refractivity contribution in [3.8, 4) is 0 Å². The molecule has 104 valence electrons. The van der Waals surface area contributed by atoms with Crippen molar-refractivity contribution in [3.63, 3.8) is 0 Å². The van der Waals surface area contributed by atoms with Crippen LogP contribution in [0.25, 0.3) is 0 Å². The summed E-state index contributed by atoms with van der Waals surface area (Å²) in [4.78, 5) is 13.0. The molecule has 1 heterocycles. The highest BCUT2D eigenvalue weighted by Crippen LogP contribution is 2.19. The van der Waals surface area contributed by atoms with Gasteiger partial charge < -0.3 is 5.11 Å². The number of hydrogen-bond donors (Lipinski definition) is 1. The number of likely N-dealkylation sites (tertiary alicyclic amines) is 1. The third kappa shape index (κ3) is 3.73. The van der Waals surface area contributed by atoms with Gasteiger partial charge in [-0.2, -0.15) is 0 Å². The Bertz CT molecular complexity index is 459. The first-order valence-electron chi connectivity index (χ1n) is 6.46. The largest absolute Gasteiger partial charge is 0.481 e. The summed E-state index contributed by atoms with van der Waals surface area (Å²) in [6, 6.07) is 3.61. The van der Waals surface area contributed by atoms with Crippen LogP contribution in [0.2, 0.25) is 0 Å². The van der Waals surface area contributed by atoms with Gasteiger partial charge in [0.15, 0.2) is 11.6 Å². The summed E-state index contributed by atoms with van der Waals surface area (Å²) in [6.45, 7) is 1.75. The molecule has 3 nitrogen and oxygen atoms in total. The fourth-order valence-corrected chi connectivity index (χ4v) is 2.58. The lowest BCUT2D eigenvalue weighted by Gasteiger charge is -2.26. The Hall–Kier alpha value is -1.49. The zero-order valence-electron chi connectivity index (χ0n) is 10.6. The van der Waals surface area contributed by atoms with Gasteiger partial charge in [0.1, 0.15) is 0 Å². The molecular weight excluding hydrogens is 252 g/mol. The minimum absolute atomic E-state index is 0.0268. The van der Waals surface area contributed by atoms with E-state index in [0.29, 0.717) is 12.0 Å². The molecule has 1 N–H and O–H groups in total. The Morgan fingerprint density at radius 3 is 2.53 bits per heavy atom. The van der Waals surface area contributed by atoms with Gasteiger partial charge in [-0.15, -0.1) is 0 Å². The van der Waals surface area contributed by atoms with Crippen LogP contribution in [0.3, 0.4) is 0 Å². The predicted octanol–water partition coefficient (Wildman–Crippen LogP) is 2.45. The lowest BCUT2D eigenvalue weighted by atomic mass is 10.0. The fourth-order valence-electron chi connectivity index (χ4n) is 2.58. The van der Waals surface area contributed by atoms with E-state index in [2.05, 4.69) is 4.90 Å². The molecule has 0 bridgehead atoms. The van der Waals surface area contributed by atoms with E-state index < -0.39 is 17.6 Å². The van der Waals surface area contributed by atoms with Crippen molar-refractivity contribution in [3.05, 3.63) is 35.4 Å². The number of benzene rings is 1. The Kier molecular flexibility index (Phi) is 4.47. The fraction of sp³-hybridized carbons (Fsp3) is 0.500. The molecule has 1 fully saturated rings. The number of nitrogens with zero attached hydrogens (tertiary/aromatic N) is 1. The Morgan fingerprint density at radius 2 is 1.95 bits per heavy atom. The number of halogens is 2. The van der Waals surface area contributed by atoms with Crippen molar-refractivity contribution >= 4 is 5.97 Å². The molecule has 2 rings (SSSR count). The maximum atomic E-state index is 13.2. The minimum atomic E-state index is -0.881. The number of carbonyl (C=O) groups is 1. The maximum absolute atomic E-state index is 13.2. The van der Waals surface area contributed by atoms with E-state index in [1.807, 2.05) is 0 Å². The normalized spacial score (nSPS) is 17.6. The number of rotatable bonds is 5. The second-order valence-electron chi connectivity index (χ2n) is 4.95. The molecule has 1 unspecified atom stereocenters. The topological polar surface area (TPSA) is 40.5 Å². The Balaban J connectivity index is 2.09. The zero-order chi connectivity index (χ0) is 13.8. The van der Waals surface area contributed by atoms with E-state index in [4.69, 9.17) is 5.11 Å². The van der Waals surface area contributed by atoms with E-state index in [0.717, 1.165) is 38.1 Å². The van der Waals surface area contributed by atoms with Crippen molar-refractivity contribution < 1.29 is 18.7 Å². The van der Waals surface area contributed by atoms with Crippen LogP contribution in [-0.4, -0.2) is 35.1 Å². The van der Waals surface area contributed by atoms with Gasteiger partial charge >= 0.3 is 5.97 Å². The molecule has 1 saturated heterocycles. The first-order chi connectivity index (χ1) is 9.06. The van der Waals surface area contributed by atoms with E-state index in [-0.39, 0.29) is 12.5 Å². The summed E-state index contributed by atoms with van der Waals surface area (Å²) in [5.74, 6) is -2.62. The molecule has 0 aromatic heterocycles. The number of carboxylic acid groups (broad SMARTS) is 1. The van der Waals surface area contributed by atoms with Crippen LogP contribution >= 0.6 is 0 Å². The molecular formula is C14H17F2NO2. The van der Waals surface area contributed by atoms with Crippen molar-refractivity contribution in [2.45, 2.75) is 31.7 Å². The second kappa shape index (κ2) is 6.10. The van der Waals surface area contributed by atoms with Gasteiger partial charge in [0.2, 0.25) is 0 Å². The maximum Gasteiger partial charge on any atom is 0.304 e. The summed E-state index contributed by atoms with van der Waals surface area (Å²) >= 11 is 0. The number of carboxylic acids is 1. The molecule has 1 aliphatic rings. The number of hydrogen-bond acceptors (Lipinski definition) is 2. The van der Waals surface area contributed by atoms with Gasteiger partial charge in [-0.05, 0) is 50.0 Å². The third-order valence-corrected chi connectivity index (χ3v) is 3.52. The summed E-state index contributed by atoms with van der Waals surface area (Å²) in [6.07, 6.45) is 2.59. The Labute approximate surface area is 110 Å². The van der Waals surface area contributed by atoms with E-state index in [9.17, 15) is 13.6 Å². The summed E-state index contributed by atoms with van der Waals surface area (Å²) < 4.78 is 26.0. The molecule has 5 heteroatoms. The highest BCUT2D eigenvalue weighted by atomic mass is 19.2. The lowest BCUT2D eigenvalue weighted by molar-refractivity contribution is -0.138.